The fourth-order valence-corrected chi connectivity index (χ4v) is 6.00. The van der Waals surface area contributed by atoms with E-state index >= 15 is 0 Å². The van der Waals surface area contributed by atoms with E-state index in [-0.39, 0.29) is 30.9 Å². The third-order valence-corrected chi connectivity index (χ3v) is 9.03. The zero-order chi connectivity index (χ0) is 42.4. The fraction of sp³-hybridized carbons (Fsp3) is 0.487. The zero-order valence-corrected chi connectivity index (χ0v) is 32.5. The van der Waals surface area contributed by atoms with Crippen LogP contribution in [0.25, 0.3) is 0 Å². The minimum absolute atomic E-state index is 0.00120. The van der Waals surface area contributed by atoms with Crippen molar-refractivity contribution in [1.29, 1.82) is 0 Å². The monoisotopic (exact) mass is 795 g/mol. The molecule has 3 rings (SSSR count). The van der Waals surface area contributed by atoms with Gasteiger partial charge >= 0.3 is 5.97 Å². The minimum Gasteiger partial charge on any atom is -0.508 e. The molecule has 18 heteroatoms. The van der Waals surface area contributed by atoms with Gasteiger partial charge in [0.2, 0.25) is 41.4 Å². The van der Waals surface area contributed by atoms with Crippen LogP contribution in [-0.4, -0.2) is 112 Å². The molecule has 7 atom stereocenters. The zero-order valence-electron chi connectivity index (χ0n) is 32.5. The predicted molar refractivity (Wildman–Crippen MR) is 205 cm³/mol. The summed E-state index contributed by atoms with van der Waals surface area (Å²) in [6, 6.07) is 5.72. The van der Waals surface area contributed by atoms with Gasteiger partial charge in [-0.05, 0) is 48.4 Å². The van der Waals surface area contributed by atoms with Gasteiger partial charge in [0, 0.05) is 12.8 Å². The smallest absolute Gasteiger partial charge is 0.305 e. The summed E-state index contributed by atoms with van der Waals surface area (Å²) >= 11 is 0. The molecule has 18 nitrogen and oxygen atoms in total. The maximum absolute atomic E-state index is 14.1. The van der Waals surface area contributed by atoms with Crippen molar-refractivity contribution in [2.24, 2.45) is 11.8 Å². The number of carbonyl (C=O) groups excluding carboxylic acids is 7. The molecule has 2 aromatic rings. The summed E-state index contributed by atoms with van der Waals surface area (Å²) in [5.41, 5.74) is 1.14. The van der Waals surface area contributed by atoms with Crippen molar-refractivity contribution >= 4 is 47.3 Å². The van der Waals surface area contributed by atoms with Gasteiger partial charge in [-0.25, -0.2) is 0 Å². The van der Waals surface area contributed by atoms with E-state index in [1.54, 1.807) is 58.0 Å². The molecule has 310 valence electrons. The molecule has 10 N–H and O–H groups in total. The standard InChI is InChI=1S/C39H53N7O11/c1-20(2)15-26-37(55)46-33(22(5)47)39(57)45-32(21(3)4)38(56)44-28(17-24-11-13-25(48)14-12-24)35(53)43-27(16-23-9-7-6-8-10-23)34(52)40-19-30(49)41-29(18-31(50)51)36(54)42-26/h6-14,20-22,26-29,32-33,47-48H,15-19H2,1-5H3,(H,40,52)(H,41,49)(H,42,54)(H,43,53)(H,44,56)(H,45,57)(H,46,55)(H,50,51)/t22-,26+,27+,28+,29+,32+,33+/m1/s1. The maximum Gasteiger partial charge on any atom is 0.305 e. The number of phenolic OH excluding ortho intramolecular Hbond substituents is 1. The second-order valence-electron chi connectivity index (χ2n) is 14.8. The number of rotatable bonds is 10. The molecular formula is C39H53N7O11. The number of carboxylic acid groups (broad SMARTS) is 1. The number of carbonyl (C=O) groups is 8. The number of aliphatic carboxylic acids is 1. The van der Waals surface area contributed by atoms with E-state index in [0.29, 0.717) is 11.1 Å². The number of benzene rings is 2. The van der Waals surface area contributed by atoms with E-state index in [1.165, 1.54) is 31.2 Å². The first-order valence-electron chi connectivity index (χ1n) is 18.6. The second kappa shape index (κ2) is 21.3. The molecule has 0 spiro atoms. The highest BCUT2D eigenvalue weighted by atomic mass is 16.4. The normalized spacial score (nSPS) is 24.1. The highest BCUT2D eigenvalue weighted by Crippen LogP contribution is 2.14. The molecule has 0 aliphatic carbocycles. The van der Waals surface area contributed by atoms with E-state index in [9.17, 15) is 53.7 Å². The topological polar surface area (TPSA) is 281 Å². The first-order valence-corrected chi connectivity index (χ1v) is 18.6. The number of hydrogen-bond acceptors (Lipinski definition) is 10. The van der Waals surface area contributed by atoms with Gasteiger partial charge in [0.1, 0.15) is 42.0 Å². The summed E-state index contributed by atoms with van der Waals surface area (Å²) in [6.07, 6.45) is -2.60. The van der Waals surface area contributed by atoms with Gasteiger partial charge in [-0.2, -0.15) is 0 Å². The molecule has 0 bridgehead atoms. The lowest BCUT2D eigenvalue weighted by Crippen LogP contribution is -2.62. The molecule has 1 heterocycles. The number of aliphatic hydroxyl groups is 1. The van der Waals surface area contributed by atoms with Crippen LogP contribution in [0.4, 0.5) is 0 Å². The van der Waals surface area contributed by atoms with E-state index in [0.717, 1.165) is 0 Å². The van der Waals surface area contributed by atoms with Crippen LogP contribution in [0, 0.1) is 11.8 Å². The number of aliphatic hydroxyl groups excluding tert-OH is 1. The summed E-state index contributed by atoms with van der Waals surface area (Å²) in [5.74, 6) is -8.69. The van der Waals surface area contributed by atoms with Crippen molar-refractivity contribution in [3.8, 4) is 5.75 Å². The van der Waals surface area contributed by atoms with Crippen LogP contribution in [0.3, 0.4) is 0 Å². The Morgan fingerprint density at radius 2 is 1.11 bits per heavy atom. The van der Waals surface area contributed by atoms with Crippen molar-refractivity contribution in [3.05, 3.63) is 65.7 Å². The van der Waals surface area contributed by atoms with Crippen LogP contribution in [-0.2, 0) is 51.2 Å². The first-order chi connectivity index (χ1) is 26.8. The van der Waals surface area contributed by atoms with Gasteiger partial charge in [0.25, 0.3) is 0 Å². The van der Waals surface area contributed by atoms with Crippen LogP contribution >= 0.6 is 0 Å². The van der Waals surface area contributed by atoms with E-state index in [1.807, 2.05) is 0 Å². The van der Waals surface area contributed by atoms with Gasteiger partial charge in [-0.3, -0.25) is 38.4 Å². The Bertz CT molecular complexity index is 1750. The van der Waals surface area contributed by atoms with Gasteiger partial charge in [-0.1, -0.05) is 70.2 Å². The molecule has 1 saturated heterocycles. The molecule has 0 unspecified atom stereocenters. The predicted octanol–water partition coefficient (Wildman–Crippen LogP) is -1.23. The molecule has 57 heavy (non-hydrogen) atoms. The first kappa shape index (κ1) is 45.4. The highest BCUT2D eigenvalue weighted by Gasteiger charge is 2.36. The Kier molecular flexibility index (Phi) is 17.0. The molecular weight excluding hydrogens is 742 g/mol. The largest absolute Gasteiger partial charge is 0.508 e. The summed E-state index contributed by atoms with van der Waals surface area (Å²) in [4.78, 5) is 107. The SMILES string of the molecule is CC(C)C[C@@H]1NC(=O)[C@H](CC(=O)O)NC(=O)CNC(=O)[C@H](Cc2ccccc2)NC(=O)[C@H](Cc2ccc(O)cc2)NC(=O)[C@H](C(C)C)NC(=O)[C@H]([C@@H](C)O)NC1=O. The van der Waals surface area contributed by atoms with Crippen molar-refractivity contribution < 1.29 is 53.7 Å². The molecule has 1 fully saturated rings. The molecule has 1 aliphatic rings. The van der Waals surface area contributed by atoms with Gasteiger partial charge in [-0.15, -0.1) is 0 Å². The van der Waals surface area contributed by atoms with Crippen LogP contribution in [0.1, 0.15) is 58.6 Å². The lowest BCUT2D eigenvalue weighted by molar-refractivity contribution is -0.141. The summed E-state index contributed by atoms with van der Waals surface area (Å²) in [7, 11) is 0. The number of aromatic hydroxyl groups is 1. The second-order valence-corrected chi connectivity index (χ2v) is 14.8. The third-order valence-electron chi connectivity index (χ3n) is 9.03. The molecule has 1 aliphatic heterocycles. The molecule has 0 aromatic heterocycles. The van der Waals surface area contributed by atoms with E-state index in [2.05, 4.69) is 37.2 Å². The average molecular weight is 796 g/mol. The van der Waals surface area contributed by atoms with Crippen LogP contribution in [0.5, 0.6) is 5.75 Å². The minimum atomic E-state index is -1.70. The number of nitrogens with one attached hydrogen (secondary N) is 7. The van der Waals surface area contributed by atoms with Crippen LogP contribution in [0.2, 0.25) is 0 Å². The van der Waals surface area contributed by atoms with Crippen LogP contribution < -0.4 is 37.2 Å². The summed E-state index contributed by atoms with van der Waals surface area (Å²) in [5, 5.41) is 47.4. The van der Waals surface area contributed by atoms with Crippen molar-refractivity contribution in [2.45, 2.75) is 103 Å². The summed E-state index contributed by atoms with van der Waals surface area (Å²) in [6.45, 7) is 7.20. The number of amides is 7. The quantitative estimate of drug-likeness (QED) is 0.136. The molecule has 2 aromatic carbocycles. The molecule has 0 saturated carbocycles. The Morgan fingerprint density at radius 1 is 0.614 bits per heavy atom. The number of carboxylic acids is 1. The number of hydrogen-bond donors (Lipinski definition) is 10. The van der Waals surface area contributed by atoms with Gasteiger partial charge in [0.05, 0.1) is 19.1 Å². The van der Waals surface area contributed by atoms with Crippen molar-refractivity contribution in [1.82, 2.24) is 37.2 Å². The van der Waals surface area contributed by atoms with Crippen molar-refractivity contribution in [3.63, 3.8) is 0 Å². The highest BCUT2D eigenvalue weighted by molar-refractivity contribution is 5.98. The van der Waals surface area contributed by atoms with Gasteiger partial charge in [0.15, 0.2) is 0 Å². The average Bonchev–Trinajstić information content (AvgIpc) is 3.13. The van der Waals surface area contributed by atoms with E-state index < -0.39 is 109 Å². The van der Waals surface area contributed by atoms with Crippen LogP contribution in [0.15, 0.2) is 54.6 Å². The summed E-state index contributed by atoms with van der Waals surface area (Å²) < 4.78 is 0. The molecule has 0 radical (unpaired) electrons. The van der Waals surface area contributed by atoms with Crippen molar-refractivity contribution in [2.75, 3.05) is 6.54 Å². The Morgan fingerprint density at radius 3 is 1.67 bits per heavy atom. The third kappa shape index (κ3) is 14.5. The number of phenols is 1. The van der Waals surface area contributed by atoms with Gasteiger partial charge < -0.3 is 52.5 Å². The Hall–Kier alpha value is -6.04. The fourth-order valence-electron chi connectivity index (χ4n) is 6.00. The Labute approximate surface area is 330 Å². The maximum atomic E-state index is 14.1. The Balaban J connectivity index is 2.11. The van der Waals surface area contributed by atoms with E-state index in [4.69, 9.17) is 0 Å². The lowest BCUT2D eigenvalue weighted by atomic mass is 9.99. The lowest BCUT2D eigenvalue weighted by Gasteiger charge is -2.30. The molecule has 7 amide bonds.